The third-order valence-corrected chi connectivity index (χ3v) is 5.38. The molecular weight excluding hydrogens is 375 g/mol. The zero-order valence-corrected chi connectivity index (χ0v) is 16.3. The Kier molecular flexibility index (Phi) is 5.20. The summed E-state index contributed by atoms with van der Waals surface area (Å²) in [5, 5.41) is 2.68. The summed E-state index contributed by atoms with van der Waals surface area (Å²) in [7, 11) is 0. The summed E-state index contributed by atoms with van der Waals surface area (Å²) in [6.45, 7) is 8.43. The van der Waals surface area contributed by atoms with Crippen LogP contribution < -0.4 is 4.90 Å². The molecule has 1 aromatic heterocycles. The van der Waals surface area contributed by atoms with Crippen LogP contribution >= 0.6 is 11.3 Å². The van der Waals surface area contributed by atoms with Crippen molar-refractivity contribution in [1.29, 1.82) is 0 Å². The van der Waals surface area contributed by atoms with Gasteiger partial charge in [0.15, 0.2) is 5.13 Å². The molecule has 1 fully saturated rings. The highest BCUT2D eigenvalue weighted by Gasteiger charge is 2.31. The summed E-state index contributed by atoms with van der Waals surface area (Å²) < 4.78 is 38.0. The maximum atomic E-state index is 12.7. The molecule has 2 heterocycles. The Morgan fingerprint density at radius 2 is 1.63 bits per heavy atom. The number of thiazole rings is 1. The van der Waals surface area contributed by atoms with Crippen LogP contribution in [-0.2, 0) is 11.0 Å². The topological polar surface area (TPSA) is 36.4 Å². The highest BCUT2D eigenvalue weighted by atomic mass is 32.1. The van der Waals surface area contributed by atoms with Crippen molar-refractivity contribution in [2.45, 2.75) is 26.9 Å². The zero-order valence-electron chi connectivity index (χ0n) is 15.5. The van der Waals surface area contributed by atoms with Crippen molar-refractivity contribution < 1.29 is 18.0 Å². The molecule has 1 amide bonds. The fourth-order valence-corrected chi connectivity index (χ4v) is 3.84. The highest BCUT2D eigenvalue weighted by Crippen LogP contribution is 2.32. The zero-order chi connectivity index (χ0) is 19.8. The minimum Gasteiger partial charge on any atom is -0.345 e. The number of hydrogen-bond acceptors (Lipinski definition) is 4. The molecule has 8 heteroatoms. The molecule has 0 radical (unpaired) electrons. The van der Waals surface area contributed by atoms with E-state index in [0.717, 1.165) is 17.3 Å². The van der Waals surface area contributed by atoms with E-state index in [9.17, 15) is 18.0 Å². The Labute approximate surface area is 160 Å². The number of anilines is 1. The standard InChI is InChI=1S/C19H22F3N3OS/c1-18(2,3)16(26)24-8-10-25(11-9-24)17-23-15(12-27-17)13-4-6-14(7-5-13)19(20,21)22/h4-7,12H,8-11H2,1-3H3. The molecule has 0 atom stereocenters. The molecule has 4 nitrogen and oxygen atoms in total. The van der Waals surface area contributed by atoms with Gasteiger partial charge < -0.3 is 9.80 Å². The van der Waals surface area contributed by atoms with Gasteiger partial charge >= 0.3 is 6.18 Å². The maximum absolute atomic E-state index is 12.7. The van der Waals surface area contributed by atoms with E-state index in [1.54, 1.807) is 0 Å². The molecule has 0 spiro atoms. The van der Waals surface area contributed by atoms with E-state index in [2.05, 4.69) is 9.88 Å². The molecule has 0 N–H and O–H groups in total. The molecule has 0 aliphatic carbocycles. The molecule has 3 rings (SSSR count). The fourth-order valence-electron chi connectivity index (χ4n) is 2.95. The van der Waals surface area contributed by atoms with Crippen LogP contribution in [0.1, 0.15) is 26.3 Å². The number of benzene rings is 1. The number of rotatable bonds is 2. The van der Waals surface area contributed by atoms with Gasteiger partial charge in [-0.05, 0) is 12.1 Å². The van der Waals surface area contributed by atoms with Crippen LogP contribution in [0.15, 0.2) is 29.6 Å². The lowest BCUT2D eigenvalue weighted by Crippen LogP contribution is -2.51. The molecule has 27 heavy (non-hydrogen) atoms. The maximum Gasteiger partial charge on any atom is 0.416 e. The number of carbonyl (C=O) groups excluding carboxylic acids is 1. The molecule has 1 aliphatic heterocycles. The smallest absolute Gasteiger partial charge is 0.345 e. The number of amides is 1. The van der Waals surface area contributed by atoms with Crippen molar-refractivity contribution in [3.05, 3.63) is 35.2 Å². The van der Waals surface area contributed by atoms with E-state index in [1.165, 1.54) is 23.5 Å². The number of hydrogen-bond donors (Lipinski definition) is 0. The summed E-state index contributed by atoms with van der Waals surface area (Å²) in [4.78, 5) is 20.9. The number of alkyl halides is 3. The molecule has 1 aliphatic rings. The molecule has 2 aromatic rings. The molecule has 146 valence electrons. The van der Waals surface area contributed by atoms with Gasteiger partial charge in [0.25, 0.3) is 0 Å². The molecule has 1 saturated heterocycles. The van der Waals surface area contributed by atoms with Gasteiger partial charge in [-0.1, -0.05) is 32.9 Å². The summed E-state index contributed by atoms with van der Waals surface area (Å²) in [5.74, 6) is 0.145. The predicted octanol–water partition coefficient (Wildman–Crippen LogP) is 4.52. The first-order valence-corrected chi connectivity index (χ1v) is 9.61. The van der Waals surface area contributed by atoms with E-state index in [-0.39, 0.29) is 11.3 Å². The molecule has 0 saturated carbocycles. The average Bonchev–Trinajstić information content (AvgIpc) is 3.10. The molecule has 0 unspecified atom stereocenters. The minimum atomic E-state index is -4.34. The number of halogens is 3. The summed E-state index contributed by atoms with van der Waals surface area (Å²) in [5.41, 5.74) is 0.268. The van der Waals surface area contributed by atoms with E-state index < -0.39 is 11.7 Å². The van der Waals surface area contributed by atoms with E-state index >= 15 is 0 Å². The Balaban J connectivity index is 1.66. The van der Waals surface area contributed by atoms with Crippen LogP contribution in [0.2, 0.25) is 0 Å². The van der Waals surface area contributed by atoms with Crippen molar-refractivity contribution in [1.82, 2.24) is 9.88 Å². The predicted molar refractivity (Wildman–Crippen MR) is 101 cm³/mol. The van der Waals surface area contributed by atoms with Gasteiger partial charge in [0, 0.05) is 42.5 Å². The summed E-state index contributed by atoms with van der Waals surface area (Å²) in [6, 6.07) is 5.04. The van der Waals surface area contributed by atoms with Gasteiger partial charge in [-0.3, -0.25) is 4.79 Å². The molecule has 0 bridgehead atoms. The molecule has 1 aromatic carbocycles. The first kappa shape index (κ1) is 19.7. The first-order chi connectivity index (χ1) is 12.6. The average molecular weight is 397 g/mol. The summed E-state index contributed by atoms with van der Waals surface area (Å²) >= 11 is 1.46. The van der Waals surface area contributed by atoms with Crippen LogP contribution in [0, 0.1) is 5.41 Å². The fraction of sp³-hybridized carbons (Fsp3) is 0.474. The van der Waals surface area contributed by atoms with Gasteiger partial charge in [-0.25, -0.2) is 4.98 Å². The largest absolute Gasteiger partial charge is 0.416 e. The van der Waals surface area contributed by atoms with Crippen LogP contribution in [0.5, 0.6) is 0 Å². The Hall–Kier alpha value is -2.09. The van der Waals surface area contributed by atoms with Crippen molar-refractivity contribution in [3.8, 4) is 11.3 Å². The number of aromatic nitrogens is 1. The van der Waals surface area contributed by atoms with Gasteiger partial charge in [-0.15, -0.1) is 11.3 Å². The van der Waals surface area contributed by atoms with Crippen molar-refractivity contribution in [2.24, 2.45) is 5.41 Å². The Morgan fingerprint density at radius 3 is 2.15 bits per heavy atom. The third kappa shape index (κ3) is 4.43. The lowest BCUT2D eigenvalue weighted by atomic mass is 9.94. The van der Waals surface area contributed by atoms with Gasteiger partial charge in [0.2, 0.25) is 5.91 Å². The second-order valence-corrected chi connectivity index (χ2v) is 8.46. The van der Waals surface area contributed by atoms with Crippen molar-refractivity contribution >= 4 is 22.4 Å². The van der Waals surface area contributed by atoms with Crippen molar-refractivity contribution in [3.63, 3.8) is 0 Å². The van der Waals surface area contributed by atoms with Gasteiger partial charge in [0.05, 0.1) is 11.3 Å². The third-order valence-electron chi connectivity index (χ3n) is 4.48. The Bertz CT molecular complexity index is 801. The monoisotopic (exact) mass is 397 g/mol. The first-order valence-electron chi connectivity index (χ1n) is 8.73. The normalized spacial score (nSPS) is 15.9. The van der Waals surface area contributed by atoms with Crippen LogP contribution in [0.3, 0.4) is 0 Å². The van der Waals surface area contributed by atoms with Gasteiger partial charge in [0.1, 0.15) is 0 Å². The van der Waals surface area contributed by atoms with Crippen LogP contribution in [-0.4, -0.2) is 42.0 Å². The number of nitrogens with zero attached hydrogens (tertiary/aromatic N) is 3. The van der Waals surface area contributed by atoms with E-state index in [0.29, 0.717) is 37.4 Å². The SMILES string of the molecule is CC(C)(C)C(=O)N1CCN(c2nc(-c3ccc(C(F)(F)F)cc3)cs2)CC1. The van der Waals surface area contributed by atoms with E-state index in [1.807, 2.05) is 31.1 Å². The summed E-state index contributed by atoms with van der Waals surface area (Å²) in [6.07, 6.45) is -4.34. The van der Waals surface area contributed by atoms with E-state index in [4.69, 9.17) is 0 Å². The van der Waals surface area contributed by atoms with Crippen LogP contribution in [0.4, 0.5) is 18.3 Å². The second-order valence-electron chi connectivity index (χ2n) is 7.62. The van der Waals surface area contributed by atoms with Crippen LogP contribution in [0.25, 0.3) is 11.3 Å². The second kappa shape index (κ2) is 7.14. The Morgan fingerprint density at radius 1 is 1.04 bits per heavy atom. The number of piperazine rings is 1. The lowest BCUT2D eigenvalue weighted by Gasteiger charge is -2.37. The van der Waals surface area contributed by atoms with Gasteiger partial charge in [-0.2, -0.15) is 13.2 Å². The number of carbonyl (C=O) groups is 1. The van der Waals surface area contributed by atoms with Crippen molar-refractivity contribution in [2.75, 3.05) is 31.1 Å². The highest BCUT2D eigenvalue weighted by molar-refractivity contribution is 7.14. The lowest BCUT2D eigenvalue weighted by molar-refractivity contribution is -0.139. The quantitative estimate of drug-likeness (QED) is 0.747. The minimum absolute atomic E-state index is 0.145. The molecular formula is C19H22F3N3OS.